The Morgan fingerprint density at radius 1 is 1.33 bits per heavy atom. The van der Waals surface area contributed by atoms with Gasteiger partial charge in [0.15, 0.2) is 6.33 Å². The normalized spacial score (nSPS) is 10.2. The van der Waals surface area contributed by atoms with Crippen LogP contribution in [0.1, 0.15) is 26.7 Å². The van der Waals surface area contributed by atoms with Crippen molar-refractivity contribution >= 4 is 0 Å². The van der Waals surface area contributed by atoms with E-state index >= 15 is 0 Å². The van der Waals surface area contributed by atoms with Gasteiger partial charge in [0.05, 0.1) is 0 Å². The molecular weight excluding hydrogens is 150 g/mol. The van der Waals surface area contributed by atoms with Crippen molar-refractivity contribution in [3.63, 3.8) is 0 Å². The van der Waals surface area contributed by atoms with Crippen molar-refractivity contribution in [3.05, 3.63) is 18.7 Å². The second-order valence-corrected chi connectivity index (χ2v) is 2.83. The van der Waals surface area contributed by atoms with Gasteiger partial charge in [-0.1, -0.05) is 13.8 Å². The zero-order chi connectivity index (χ0) is 8.81. The first-order valence-electron chi connectivity index (χ1n) is 4.54. The lowest BCUT2D eigenvalue weighted by Gasteiger charge is -2.23. The maximum absolute atomic E-state index is 3.90. The van der Waals surface area contributed by atoms with E-state index in [0.717, 1.165) is 25.9 Å². The molecule has 1 radical (unpaired) electrons. The third-order valence-electron chi connectivity index (χ3n) is 1.71. The molecule has 0 bridgehead atoms. The maximum atomic E-state index is 3.90. The second kappa shape index (κ2) is 4.80. The molecule has 0 fully saturated rings. The molecule has 0 amide bonds. The minimum Gasteiger partial charge on any atom is -0.311 e. The van der Waals surface area contributed by atoms with E-state index in [1.54, 1.807) is 6.20 Å². The molecule has 1 aromatic rings. The average molecular weight is 166 g/mol. The number of aromatic nitrogens is 2. The van der Waals surface area contributed by atoms with Gasteiger partial charge in [-0.2, -0.15) is 0 Å². The molecule has 0 aliphatic heterocycles. The van der Waals surface area contributed by atoms with Crippen LogP contribution in [0.3, 0.4) is 0 Å². The summed E-state index contributed by atoms with van der Waals surface area (Å²) in [6, 6.07) is 0. The van der Waals surface area contributed by atoms with E-state index in [1.807, 2.05) is 10.9 Å². The summed E-state index contributed by atoms with van der Waals surface area (Å²) < 4.78 is 1.94. The predicted molar refractivity (Wildman–Crippen MR) is 49.6 cm³/mol. The summed E-state index contributed by atoms with van der Waals surface area (Å²) in [6.07, 6.45) is 8.92. The minimum atomic E-state index is 1.07. The SMILES string of the molecule is CCCN(CCC)n1[c]ncc1. The molecule has 0 aliphatic rings. The van der Waals surface area contributed by atoms with Gasteiger partial charge in [0.1, 0.15) is 0 Å². The minimum absolute atomic E-state index is 1.07. The van der Waals surface area contributed by atoms with Gasteiger partial charge >= 0.3 is 0 Å². The van der Waals surface area contributed by atoms with Crippen molar-refractivity contribution in [2.24, 2.45) is 0 Å². The van der Waals surface area contributed by atoms with Crippen LogP contribution in [0.2, 0.25) is 0 Å². The molecular formula is C9H16N3. The van der Waals surface area contributed by atoms with Crippen LogP contribution >= 0.6 is 0 Å². The summed E-state index contributed by atoms with van der Waals surface area (Å²) in [6.45, 7) is 6.50. The molecule has 3 heteroatoms. The first-order chi connectivity index (χ1) is 5.88. The zero-order valence-corrected chi connectivity index (χ0v) is 7.82. The van der Waals surface area contributed by atoms with Crippen molar-refractivity contribution < 1.29 is 0 Å². The highest BCUT2D eigenvalue weighted by molar-refractivity contribution is 4.87. The summed E-state index contributed by atoms with van der Waals surface area (Å²) in [5.74, 6) is 0. The Morgan fingerprint density at radius 2 is 2.00 bits per heavy atom. The van der Waals surface area contributed by atoms with Gasteiger partial charge < -0.3 is 5.01 Å². The largest absolute Gasteiger partial charge is 0.311 e. The Hall–Kier alpha value is -0.990. The van der Waals surface area contributed by atoms with Crippen LogP contribution in [-0.2, 0) is 0 Å². The van der Waals surface area contributed by atoms with Crippen molar-refractivity contribution in [2.45, 2.75) is 26.7 Å². The van der Waals surface area contributed by atoms with E-state index in [0.29, 0.717) is 0 Å². The highest BCUT2D eigenvalue weighted by Gasteiger charge is 2.01. The monoisotopic (exact) mass is 166 g/mol. The molecule has 0 unspecified atom stereocenters. The molecule has 0 atom stereocenters. The summed E-state index contributed by atoms with van der Waals surface area (Å²) in [4.78, 5) is 3.90. The zero-order valence-electron chi connectivity index (χ0n) is 7.82. The van der Waals surface area contributed by atoms with Gasteiger partial charge in [-0.25, -0.2) is 9.66 Å². The second-order valence-electron chi connectivity index (χ2n) is 2.83. The van der Waals surface area contributed by atoms with Gasteiger partial charge in [-0.3, -0.25) is 0 Å². The molecule has 3 nitrogen and oxygen atoms in total. The quantitative estimate of drug-likeness (QED) is 0.660. The summed E-state index contributed by atoms with van der Waals surface area (Å²) in [5, 5.41) is 2.24. The standard InChI is InChI=1S/C9H16N3/c1-3-6-11(7-4-2)12-8-5-10-9-12/h5,8H,3-4,6-7H2,1-2H3. The topological polar surface area (TPSA) is 21.1 Å². The molecule has 0 saturated carbocycles. The van der Waals surface area contributed by atoms with E-state index in [1.165, 1.54) is 0 Å². The molecule has 0 saturated heterocycles. The number of hydrogen-bond acceptors (Lipinski definition) is 2. The van der Waals surface area contributed by atoms with E-state index in [2.05, 4.69) is 30.2 Å². The lowest BCUT2D eigenvalue weighted by molar-refractivity contribution is 0.566. The van der Waals surface area contributed by atoms with E-state index in [9.17, 15) is 0 Å². The van der Waals surface area contributed by atoms with E-state index < -0.39 is 0 Å². The smallest absolute Gasteiger partial charge is 0.197 e. The van der Waals surface area contributed by atoms with Gasteiger partial charge in [0.25, 0.3) is 0 Å². The first-order valence-corrected chi connectivity index (χ1v) is 4.54. The number of hydrogen-bond donors (Lipinski definition) is 0. The number of rotatable bonds is 5. The summed E-state index contributed by atoms with van der Waals surface area (Å²) in [5.41, 5.74) is 0. The van der Waals surface area contributed by atoms with Gasteiger partial charge in [0, 0.05) is 25.5 Å². The van der Waals surface area contributed by atoms with Crippen LogP contribution in [0.25, 0.3) is 0 Å². The van der Waals surface area contributed by atoms with Crippen LogP contribution < -0.4 is 5.01 Å². The Bertz CT molecular complexity index is 188. The molecule has 67 valence electrons. The molecule has 1 heterocycles. The fourth-order valence-electron chi connectivity index (χ4n) is 1.22. The lowest BCUT2D eigenvalue weighted by Crippen LogP contribution is -2.35. The Morgan fingerprint density at radius 3 is 2.42 bits per heavy atom. The third kappa shape index (κ3) is 2.26. The first kappa shape index (κ1) is 9.10. The van der Waals surface area contributed by atoms with Gasteiger partial charge in [-0.15, -0.1) is 0 Å². The molecule has 1 rings (SSSR count). The van der Waals surface area contributed by atoms with Crippen LogP contribution in [0.4, 0.5) is 0 Å². The number of imidazole rings is 1. The van der Waals surface area contributed by atoms with Crippen LogP contribution in [0, 0.1) is 6.33 Å². The fraction of sp³-hybridized carbons (Fsp3) is 0.667. The van der Waals surface area contributed by atoms with E-state index in [4.69, 9.17) is 0 Å². The third-order valence-corrected chi connectivity index (χ3v) is 1.71. The molecule has 12 heavy (non-hydrogen) atoms. The lowest BCUT2D eigenvalue weighted by atomic mass is 10.4. The Balaban J connectivity index is 2.53. The highest BCUT2D eigenvalue weighted by Crippen LogP contribution is 1.94. The van der Waals surface area contributed by atoms with Crippen LogP contribution in [-0.4, -0.2) is 22.7 Å². The van der Waals surface area contributed by atoms with Crippen molar-refractivity contribution in [2.75, 3.05) is 18.1 Å². The molecule has 1 aromatic heterocycles. The van der Waals surface area contributed by atoms with Gasteiger partial charge in [-0.05, 0) is 12.8 Å². The predicted octanol–water partition coefficient (Wildman–Crippen LogP) is 1.44. The number of nitrogens with zero attached hydrogens (tertiary/aromatic N) is 3. The summed E-state index contributed by atoms with van der Waals surface area (Å²) >= 11 is 0. The molecule has 0 spiro atoms. The fourth-order valence-corrected chi connectivity index (χ4v) is 1.22. The van der Waals surface area contributed by atoms with Crippen LogP contribution in [0.5, 0.6) is 0 Å². The summed E-state index contributed by atoms with van der Waals surface area (Å²) in [7, 11) is 0. The average Bonchev–Trinajstić information content (AvgIpc) is 2.56. The molecule has 0 N–H and O–H groups in total. The molecule has 0 aromatic carbocycles. The van der Waals surface area contributed by atoms with Crippen molar-refractivity contribution in [1.29, 1.82) is 0 Å². The van der Waals surface area contributed by atoms with Gasteiger partial charge in [0.2, 0.25) is 0 Å². The highest BCUT2D eigenvalue weighted by atomic mass is 15.5. The van der Waals surface area contributed by atoms with E-state index in [-0.39, 0.29) is 0 Å². The maximum Gasteiger partial charge on any atom is 0.197 e. The van der Waals surface area contributed by atoms with Crippen molar-refractivity contribution in [3.8, 4) is 0 Å². The van der Waals surface area contributed by atoms with Crippen molar-refractivity contribution in [1.82, 2.24) is 9.66 Å². The van der Waals surface area contributed by atoms with Crippen LogP contribution in [0.15, 0.2) is 12.4 Å². The Labute approximate surface area is 74.0 Å². The Kier molecular flexibility index (Phi) is 3.64. The molecule has 0 aliphatic carbocycles.